The Kier molecular flexibility index (Phi) is 6.69. The van der Waals surface area contributed by atoms with Gasteiger partial charge < -0.3 is 14.7 Å². The van der Waals surface area contributed by atoms with E-state index >= 15 is 0 Å². The summed E-state index contributed by atoms with van der Waals surface area (Å²) in [5, 5.41) is 9.02. The van der Waals surface area contributed by atoms with E-state index in [0.29, 0.717) is 5.69 Å². The van der Waals surface area contributed by atoms with Crippen LogP contribution in [0.4, 0.5) is 11.4 Å². The van der Waals surface area contributed by atoms with Crippen molar-refractivity contribution < 1.29 is 4.52 Å². The van der Waals surface area contributed by atoms with Crippen LogP contribution in [0.3, 0.4) is 0 Å². The number of nitrogens with one attached hydrogen (secondary N) is 1. The fraction of sp³-hybridized carbons (Fsp3) is 0.385. The average molecular weight is 415 g/mol. The van der Waals surface area contributed by atoms with E-state index in [9.17, 15) is 0 Å². The van der Waals surface area contributed by atoms with Crippen LogP contribution in [0.2, 0.25) is 0 Å². The number of allylic oxidation sites excluding steroid dienone is 1. The second-order valence-corrected chi connectivity index (χ2v) is 8.37. The molecule has 0 saturated carbocycles. The van der Waals surface area contributed by atoms with Gasteiger partial charge in [0, 0.05) is 30.2 Å². The number of piperidine rings is 1. The van der Waals surface area contributed by atoms with E-state index < -0.39 is 0 Å². The van der Waals surface area contributed by atoms with Gasteiger partial charge in [-0.1, -0.05) is 41.6 Å². The summed E-state index contributed by atoms with van der Waals surface area (Å²) in [6.45, 7) is 12.2. The number of aromatic nitrogens is 1. The molecule has 0 atom stereocenters. The molecule has 1 fully saturated rings. The van der Waals surface area contributed by atoms with Gasteiger partial charge in [-0.15, -0.1) is 0 Å². The van der Waals surface area contributed by atoms with Crippen LogP contribution in [-0.4, -0.2) is 25.3 Å². The Morgan fingerprint density at radius 3 is 2.68 bits per heavy atom. The summed E-state index contributed by atoms with van der Waals surface area (Å²) in [6, 6.07) is 12.1. The summed E-state index contributed by atoms with van der Waals surface area (Å²) < 4.78 is 5.87. The number of hydrogen-bond acceptors (Lipinski definition) is 4. The average Bonchev–Trinajstić information content (AvgIpc) is 3.22. The number of rotatable bonds is 7. The first-order valence-corrected chi connectivity index (χ1v) is 11.1. The van der Waals surface area contributed by atoms with Gasteiger partial charge in [0.25, 0.3) is 0 Å². The van der Waals surface area contributed by atoms with Crippen LogP contribution >= 0.6 is 0 Å². The molecule has 4 rings (SSSR count). The van der Waals surface area contributed by atoms with Crippen molar-refractivity contribution in [3.8, 4) is 0 Å². The number of aryl methyl sites for hydroxylation is 1. The molecule has 1 aliphatic rings. The molecule has 0 radical (unpaired) electrons. The maximum Gasteiger partial charge on any atom is 0.187 e. The van der Waals surface area contributed by atoms with E-state index in [1.165, 1.54) is 24.8 Å². The van der Waals surface area contributed by atoms with Gasteiger partial charge in [0.1, 0.15) is 0 Å². The first-order valence-electron chi connectivity index (χ1n) is 11.1. The molecule has 0 unspecified atom stereocenters. The number of anilines is 1. The lowest BCUT2D eigenvalue weighted by molar-refractivity contribution is 0.350. The Labute approximate surface area is 184 Å². The minimum absolute atomic E-state index is 0.668. The summed E-state index contributed by atoms with van der Waals surface area (Å²) in [5.74, 6) is 0.780. The van der Waals surface area contributed by atoms with Crippen molar-refractivity contribution in [3.63, 3.8) is 0 Å². The molecular formula is C26H30N4O. The van der Waals surface area contributed by atoms with Gasteiger partial charge in [0.2, 0.25) is 0 Å². The third-order valence-electron chi connectivity index (χ3n) is 6.21. The van der Waals surface area contributed by atoms with E-state index in [2.05, 4.69) is 45.5 Å². The molecule has 1 saturated heterocycles. The molecule has 0 bridgehead atoms. The lowest BCUT2D eigenvalue weighted by Gasteiger charge is -2.22. The van der Waals surface area contributed by atoms with Crippen LogP contribution in [0.15, 0.2) is 47.0 Å². The highest BCUT2D eigenvalue weighted by molar-refractivity contribution is 5.93. The van der Waals surface area contributed by atoms with E-state index in [1.807, 2.05) is 37.3 Å². The van der Waals surface area contributed by atoms with Crippen LogP contribution < -0.4 is 10.2 Å². The first-order chi connectivity index (χ1) is 15.2. The van der Waals surface area contributed by atoms with Gasteiger partial charge in [-0.05, 0) is 69.3 Å². The van der Waals surface area contributed by atoms with Crippen LogP contribution in [0.25, 0.3) is 21.9 Å². The highest BCUT2D eigenvalue weighted by Gasteiger charge is 2.19. The molecule has 5 heteroatoms. The Hall–Kier alpha value is -3.10. The summed E-state index contributed by atoms with van der Waals surface area (Å²) in [4.78, 5) is 5.69. The van der Waals surface area contributed by atoms with Gasteiger partial charge in [-0.25, -0.2) is 4.85 Å². The van der Waals surface area contributed by atoms with Crippen molar-refractivity contribution in [3.05, 3.63) is 70.7 Å². The van der Waals surface area contributed by atoms with Crippen molar-refractivity contribution in [1.82, 2.24) is 10.5 Å². The molecule has 2 heterocycles. The molecule has 1 N–H and O–H groups in total. The molecule has 0 spiro atoms. The van der Waals surface area contributed by atoms with E-state index in [1.54, 1.807) is 0 Å². The van der Waals surface area contributed by atoms with Crippen LogP contribution in [0.1, 0.15) is 43.0 Å². The van der Waals surface area contributed by atoms with Crippen molar-refractivity contribution in [2.75, 3.05) is 25.0 Å². The number of fused-ring (bicyclic) bond motifs is 1. The highest BCUT2D eigenvalue weighted by Crippen LogP contribution is 2.33. The minimum atomic E-state index is 0.668. The van der Waals surface area contributed by atoms with Crippen molar-refractivity contribution >= 4 is 28.4 Å². The van der Waals surface area contributed by atoms with Crippen molar-refractivity contribution in [2.45, 2.75) is 39.2 Å². The second kappa shape index (κ2) is 9.80. The Morgan fingerprint density at radius 2 is 1.97 bits per heavy atom. The third-order valence-corrected chi connectivity index (χ3v) is 6.21. The molecule has 1 aromatic heterocycles. The van der Waals surface area contributed by atoms with E-state index in [-0.39, 0.29) is 0 Å². The molecular weight excluding hydrogens is 384 g/mol. The van der Waals surface area contributed by atoms with Crippen LogP contribution in [0, 0.1) is 12.5 Å². The lowest BCUT2D eigenvalue weighted by atomic mass is 9.92. The van der Waals surface area contributed by atoms with E-state index in [4.69, 9.17) is 11.1 Å². The number of hydrogen-bond donors (Lipinski definition) is 1. The molecule has 5 nitrogen and oxygen atoms in total. The largest absolute Gasteiger partial charge is 0.370 e. The highest BCUT2D eigenvalue weighted by atomic mass is 16.5. The Morgan fingerprint density at radius 1 is 1.19 bits per heavy atom. The molecule has 1 aliphatic heterocycles. The SMILES string of the molecule is [C-]#[N+]c1ccc(CN(C)c2ccc3c(CCC4CCNCC4)noc3c2/C=C/C)cc1. The first kappa shape index (κ1) is 21.1. The van der Waals surface area contributed by atoms with Gasteiger partial charge in [-0.2, -0.15) is 0 Å². The quantitative estimate of drug-likeness (QED) is 0.483. The van der Waals surface area contributed by atoms with Crippen molar-refractivity contribution in [2.24, 2.45) is 5.92 Å². The van der Waals surface area contributed by atoms with Gasteiger partial charge in [0.05, 0.1) is 12.3 Å². The van der Waals surface area contributed by atoms with Crippen molar-refractivity contribution in [1.29, 1.82) is 0 Å². The zero-order valence-electron chi connectivity index (χ0n) is 18.4. The number of benzene rings is 2. The zero-order valence-corrected chi connectivity index (χ0v) is 18.4. The standard InChI is InChI=1S/C26H30N4O/c1-4-5-23-25(30(3)18-20-6-9-21(27-2)10-7-20)13-11-22-24(29-31-26(22)23)12-8-19-14-16-28-17-15-19/h4-7,9-11,13,19,28H,8,12,14-18H2,1,3H3/b5-4+. The second-order valence-electron chi connectivity index (χ2n) is 8.37. The molecule has 160 valence electrons. The predicted octanol–water partition coefficient (Wildman–Crippen LogP) is 5.98. The monoisotopic (exact) mass is 414 g/mol. The molecule has 0 aliphatic carbocycles. The van der Waals surface area contributed by atoms with Gasteiger partial charge >= 0.3 is 0 Å². The normalized spacial score (nSPS) is 14.9. The van der Waals surface area contributed by atoms with Gasteiger partial charge in [-0.3, -0.25) is 0 Å². The smallest absolute Gasteiger partial charge is 0.187 e. The lowest BCUT2D eigenvalue weighted by Crippen LogP contribution is -2.27. The predicted molar refractivity (Wildman–Crippen MR) is 127 cm³/mol. The summed E-state index contributed by atoms with van der Waals surface area (Å²) in [5.41, 5.74) is 5.96. The molecule has 2 aromatic carbocycles. The zero-order chi connectivity index (χ0) is 21.6. The Balaban J connectivity index is 1.57. The molecule has 31 heavy (non-hydrogen) atoms. The molecule has 0 amide bonds. The Bertz CT molecular complexity index is 1090. The summed E-state index contributed by atoms with van der Waals surface area (Å²) >= 11 is 0. The molecule has 3 aromatic rings. The topological polar surface area (TPSA) is 45.7 Å². The number of nitrogens with zero attached hydrogens (tertiary/aromatic N) is 3. The maximum atomic E-state index is 7.12. The maximum absolute atomic E-state index is 7.12. The fourth-order valence-corrected chi connectivity index (χ4v) is 4.45. The summed E-state index contributed by atoms with van der Waals surface area (Å²) in [7, 11) is 2.09. The third kappa shape index (κ3) is 4.81. The van der Waals surface area contributed by atoms with Crippen LogP contribution in [0.5, 0.6) is 0 Å². The van der Waals surface area contributed by atoms with E-state index in [0.717, 1.165) is 59.9 Å². The van der Waals surface area contributed by atoms with Gasteiger partial charge in [0.15, 0.2) is 11.3 Å². The fourth-order valence-electron chi connectivity index (χ4n) is 4.45. The van der Waals surface area contributed by atoms with Crippen LogP contribution in [-0.2, 0) is 13.0 Å². The summed E-state index contributed by atoms with van der Waals surface area (Å²) in [6.07, 6.45) is 8.81. The minimum Gasteiger partial charge on any atom is -0.370 e.